The molecule has 0 radical (unpaired) electrons. The molecule has 0 aliphatic heterocycles. The number of ether oxygens (including phenoxy) is 2. The molecule has 0 saturated heterocycles. The molecule has 222 valence electrons. The molecule has 1 N–H and O–H groups in total. The molecule has 10 heteroatoms. The molecule has 3 aromatic rings. The molecule has 0 heterocycles. The number of rotatable bonds is 10. The lowest BCUT2D eigenvalue weighted by molar-refractivity contribution is -0.122. The van der Waals surface area contributed by atoms with Gasteiger partial charge in [-0.15, -0.1) is 0 Å². The van der Waals surface area contributed by atoms with E-state index in [2.05, 4.69) is 5.32 Å². The van der Waals surface area contributed by atoms with Crippen LogP contribution in [0.5, 0.6) is 5.75 Å². The van der Waals surface area contributed by atoms with E-state index < -0.39 is 24.1 Å². The highest BCUT2D eigenvalue weighted by atomic mass is 16.6. The summed E-state index contributed by atoms with van der Waals surface area (Å²) >= 11 is 0. The molecule has 4 amide bonds. The Balaban J connectivity index is 2.02. The Morgan fingerprint density at radius 3 is 2.05 bits per heavy atom. The van der Waals surface area contributed by atoms with Crippen LogP contribution < -0.4 is 24.8 Å². The van der Waals surface area contributed by atoms with E-state index in [0.717, 1.165) is 5.56 Å². The number of hydrogen-bond donors (Lipinski definition) is 1. The molecule has 0 spiro atoms. The zero-order valence-electron chi connectivity index (χ0n) is 24.9. The van der Waals surface area contributed by atoms with Crippen molar-refractivity contribution in [1.29, 1.82) is 0 Å². The van der Waals surface area contributed by atoms with Crippen LogP contribution in [0.1, 0.15) is 26.3 Å². The minimum absolute atomic E-state index is 0.226. The Morgan fingerprint density at radius 1 is 0.786 bits per heavy atom. The second-order valence-corrected chi connectivity index (χ2v) is 10.6. The molecule has 0 bridgehead atoms. The highest BCUT2D eigenvalue weighted by molar-refractivity contribution is 6.07. The standard InChI is InChI=1S/C32H38N4O6/c1-23-13-12-16-25(19-23)35(31(40)42-32(2,3)4)21-30(39)36(20-29(38)34(6)24-14-8-7-9-15-24)26-17-10-11-18-27(26)41-22-28(37)33-5/h7-19H,20-22H2,1-6H3,(H,33,37). The van der Waals surface area contributed by atoms with E-state index in [9.17, 15) is 19.2 Å². The van der Waals surface area contributed by atoms with Crippen LogP contribution in [0.2, 0.25) is 0 Å². The predicted molar refractivity (Wildman–Crippen MR) is 163 cm³/mol. The van der Waals surface area contributed by atoms with Gasteiger partial charge in [-0.05, 0) is 69.7 Å². The molecule has 0 aliphatic rings. The minimum Gasteiger partial charge on any atom is -0.482 e. The first kappa shape index (κ1) is 31.7. The summed E-state index contributed by atoms with van der Waals surface area (Å²) in [6.45, 7) is 6.03. The fourth-order valence-corrected chi connectivity index (χ4v) is 3.96. The molecule has 0 aliphatic carbocycles. The van der Waals surface area contributed by atoms with Gasteiger partial charge in [0.15, 0.2) is 6.61 Å². The van der Waals surface area contributed by atoms with Crippen molar-refractivity contribution >= 4 is 40.9 Å². The summed E-state index contributed by atoms with van der Waals surface area (Å²) in [7, 11) is 3.11. The van der Waals surface area contributed by atoms with Crippen molar-refractivity contribution < 1.29 is 28.7 Å². The van der Waals surface area contributed by atoms with Crippen molar-refractivity contribution in [2.45, 2.75) is 33.3 Å². The van der Waals surface area contributed by atoms with Gasteiger partial charge in [-0.1, -0.05) is 42.5 Å². The van der Waals surface area contributed by atoms with Crippen molar-refractivity contribution in [3.63, 3.8) is 0 Å². The predicted octanol–water partition coefficient (Wildman–Crippen LogP) is 4.56. The van der Waals surface area contributed by atoms with Crippen LogP contribution in [0.4, 0.5) is 21.9 Å². The fraction of sp³-hybridized carbons (Fsp3) is 0.312. The van der Waals surface area contributed by atoms with Gasteiger partial charge in [-0.2, -0.15) is 0 Å². The van der Waals surface area contributed by atoms with E-state index in [4.69, 9.17) is 9.47 Å². The smallest absolute Gasteiger partial charge is 0.415 e. The average Bonchev–Trinajstić information content (AvgIpc) is 2.96. The fourth-order valence-electron chi connectivity index (χ4n) is 3.96. The van der Waals surface area contributed by atoms with Gasteiger partial charge >= 0.3 is 6.09 Å². The van der Waals surface area contributed by atoms with Crippen molar-refractivity contribution in [2.75, 3.05) is 48.5 Å². The van der Waals surface area contributed by atoms with Crippen molar-refractivity contribution in [1.82, 2.24) is 5.32 Å². The molecule has 0 saturated carbocycles. The Bertz CT molecular complexity index is 1400. The number of nitrogens with one attached hydrogen (secondary N) is 1. The van der Waals surface area contributed by atoms with Crippen LogP contribution in [-0.4, -0.2) is 63.2 Å². The third kappa shape index (κ3) is 8.82. The van der Waals surface area contributed by atoms with Crippen molar-refractivity contribution in [3.8, 4) is 5.75 Å². The lowest BCUT2D eigenvalue weighted by Gasteiger charge is -2.31. The Kier molecular flexibility index (Phi) is 10.7. The second kappa shape index (κ2) is 14.2. The highest BCUT2D eigenvalue weighted by Crippen LogP contribution is 2.29. The molecular weight excluding hydrogens is 536 g/mol. The molecule has 0 unspecified atom stereocenters. The maximum Gasteiger partial charge on any atom is 0.415 e. The molecule has 3 aromatic carbocycles. The molecular formula is C32H38N4O6. The summed E-state index contributed by atoms with van der Waals surface area (Å²) in [4.78, 5) is 56.8. The van der Waals surface area contributed by atoms with Gasteiger partial charge in [0, 0.05) is 25.5 Å². The lowest BCUT2D eigenvalue weighted by Crippen LogP contribution is -2.48. The van der Waals surface area contributed by atoms with Gasteiger partial charge in [0.2, 0.25) is 11.8 Å². The largest absolute Gasteiger partial charge is 0.482 e. The maximum atomic E-state index is 14.1. The molecule has 0 fully saturated rings. The van der Waals surface area contributed by atoms with E-state index in [1.165, 1.54) is 21.7 Å². The zero-order chi connectivity index (χ0) is 30.9. The van der Waals surface area contributed by atoms with Crippen LogP contribution in [0.15, 0.2) is 78.9 Å². The van der Waals surface area contributed by atoms with Gasteiger partial charge in [0.05, 0.1) is 5.69 Å². The lowest BCUT2D eigenvalue weighted by atomic mass is 10.2. The number of hydrogen-bond acceptors (Lipinski definition) is 6. The number of carbonyl (C=O) groups excluding carboxylic acids is 4. The first-order valence-electron chi connectivity index (χ1n) is 13.5. The summed E-state index contributed by atoms with van der Waals surface area (Å²) in [5.41, 5.74) is 1.47. The van der Waals surface area contributed by atoms with E-state index >= 15 is 0 Å². The summed E-state index contributed by atoms with van der Waals surface area (Å²) < 4.78 is 11.4. The van der Waals surface area contributed by atoms with Gasteiger partial charge in [0.25, 0.3) is 5.91 Å². The number of amides is 4. The Labute approximate surface area is 246 Å². The number of para-hydroxylation sites is 3. The van der Waals surface area contributed by atoms with E-state index in [1.807, 2.05) is 31.2 Å². The van der Waals surface area contributed by atoms with Crippen LogP contribution >= 0.6 is 0 Å². The summed E-state index contributed by atoms with van der Waals surface area (Å²) in [6, 6.07) is 22.8. The summed E-state index contributed by atoms with van der Waals surface area (Å²) in [5.74, 6) is -1.08. The van der Waals surface area contributed by atoms with Crippen LogP contribution in [-0.2, 0) is 19.1 Å². The van der Waals surface area contributed by atoms with Crippen LogP contribution in [0.25, 0.3) is 0 Å². The SMILES string of the molecule is CNC(=O)COc1ccccc1N(CC(=O)N(C)c1ccccc1)C(=O)CN(C(=O)OC(C)(C)C)c1cccc(C)c1. The number of benzene rings is 3. The van der Waals surface area contributed by atoms with Crippen LogP contribution in [0, 0.1) is 6.92 Å². The molecule has 0 atom stereocenters. The summed E-state index contributed by atoms with van der Waals surface area (Å²) in [5, 5.41) is 2.49. The Morgan fingerprint density at radius 2 is 1.40 bits per heavy atom. The van der Waals surface area contributed by atoms with Crippen molar-refractivity contribution in [2.24, 2.45) is 0 Å². The first-order chi connectivity index (χ1) is 19.9. The number of anilines is 3. The number of aryl methyl sites for hydroxylation is 1. The molecule has 10 nitrogen and oxygen atoms in total. The highest BCUT2D eigenvalue weighted by Gasteiger charge is 2.30. The van der Waals surface area contributed by atoms with Crippen LogP contribution in [0.3, 0.4) is 0 Å². The maximum absolute atomic E-state index is 14.1. The topological polar surface area (TPSA) is 108 Å². The Hall–Kier alpha value is -4.86. The third-order valence-corrected chi connectivity index (χ3v) is 6.13. The zero-order valence-corrected chi connectivity index (χ0v) is 24.9. The van der Waals surface area contributed by atoms with E-state index in [-0.39, 0.29) is 36.4 Å². The van der Waals surface area contributed by atoms with Gasteiger partial charge in [-0.3, -0.25) is 24.2 Å². The summed E-state index contributed by atoms with van der Waals surface area (Å²) in [6.07, 6.45) is -0.710. The third-order valence-electron chi connectivity index (χ3n) is 6.13. The molecule has 0 aromatic heterocycles. The second-order valence-electron chi connectivity index (χ2n) is 10.6. The number of likely N-dealkylation sites (N-methyl/N-ethyl adjacent to an activating group) is 2. The van der Waals surface area contributed by atoms with Gasteiger partial charge in [0.1, 0.15) is 24.4 Å². The normalized spacial score (nSPS) is 10.8. The monoisotopic (exact) mass is 574 g/mol. The van der Waals surface area contributed by atoms with Gasteiger partial charge < -0.3 is 19.7 Å². The minimum atomic E-state index is -0.809. The average molecular weight is 575 g/mol. The van der Waals surface area contributed by atoms with Crippen molar-refractivity contribution in [3.05, 3.63) is 84.4 Å². The number of carbonyl (C=O) groups is 4. The van der Waals surface area contributed by atoms with E-state index in [1.54, 1.807) is 82.4 Å². The first-order valence-corrected chi connectivity index (χ1v) is 13.5. The quantitative estimate of drug-likeness (QED) is 0.381. The van der Waals surface area contributed by atoms with E-state index in [0.29, 0.717) is 11.4 Å². The van der Waals surface area contributed by atoms with Gasteiger partial charge in [-0.25, -0.2) is 4.79 Å². The molecule has 3 rings (SSSR count). The molecule has 42 heavy (non-hydrogen) atoms. The number of nitrogens with zero attached hydrogens (tertiary/aromatic N) is 3.